The van der Waals surface area contributed by atoms with Crippen LogP contribution in [0.4, 0.5) is 0 Å². The third-order valence-corrected chi connectivity index (χ3v) is 6.48. The van der Waals surface area contributed by atoms with Gasteiger partial charge in [-0.25, -0.2) is 4.68 Å². The van der Waals surface area contributed by atoms with Crippen LogP contribution in [0.5, 0.6) is 0 Å². The quantitative estimate of drug-likeness (QED) is 0.553. The Morgan fingerprint density at radius 2 is 1.88 bits per heavy atom. The van der Waals surface area contributed by atoms with E-state index in [4.69, 9.17) is 0 Å². The summed E-state index contributed by atoms with van der Waals surface area (Å²) in [6.45, 7) is 0.882. The number of para-hydroxylation sites is 1. The zero-order valence-corrected chi connectivity index (χ0v) is 15.4. The molecule has 1 atom stereocenters. The van der Waals surface area contributed by atoms with Gasteiger partial charge in [-0.15, -0.1) is 5.10 Å². The van der Waals surface area contributed by atoms with Crippen LogP contribution in [0.15, 0.2) is 59.6 Å². The van der Waals surface area contributed by atoms with Crippen LogP contribution in [0, 0.1) is 0 Å². The molecule has 3 heterocycles. The highest BCUT2D eigenvalue weighted by molar-refractivity contribution is 7.99. The number of nitrogens with zero attached hydrogens (tertiary/aromatic N) is 5. The second-order valence-electron chi connectivity index (χ2n) is 6.68. The number of hydrogen-bond acceptors (Lipinski definition) is 4. The van der Waals surface area contributed by atoms with Gasteiger partial charge in [0.25, 0.3) is 0 Å². The lowest BCUT2D eigenvalue weighted by Gasteiger charge is -2.22. The molecule has 1 aliphatic heterocycles. The van der Waals surface area contributed by atoms with Gasteiger partial charge >= 0.3 is 0 Å². The molecule has 0 amide bonds. The Morgan fingerprint density at radius 3 is 2.69 bits per heavy atom. The molecule has 0 radical (unpaired) electrons. The van der Waals surface area contributed by atoms with Crippen molar-refractivity contribution in [1.29, 1.82) is 0 Å². The van der Waals surface area contributed by atoms with E-state index in [-0.39, 0.29) is 0 Å². The minimum absolute atomic E-state index is 0.293. The molecule has 26 heavy (non-hydrogen) atoms. The number of aryl methyl sites for hydroxylation is 2. The zero-order chi connectivity index (χ0) is 17.5. The van der Waals surface area contributed by atoms with E-state index in [1.807, 2.05) is 18.8 Å². The SMILES string of the molecule is Cn1nnnc1C1CCc2c(n(Cc3ccccc3)c3ccccc23)S1. The van der Waals surface area contributed by atoms with Crippen LogP contribution in [0.25, 0.3) is 10.9 Å². The van der Waals surface area contributed by atoms with Crippen molar-refractivity contribution < 1.29 is 0 Å². The van der Waals surface area contributed by atoms with Crippen LogP contribution in [0.1, 0.15) is 28.6 Å². The molecule has 0 aliphatic carbocycles. The number of aromatic nitrogens is 5. The van der Waals surface area contributed by atoms with E-state index in [2.05, 4.69) is 74.7 Å². The van der Waals surface area contributed by atoms with Crippen molar-refractivity contribution in [3.05, 3.63) is 71.5 Å². The van der Waals surface area contributed by atoms with Gasteiger partial charge in [0.1, 0.15) is 0 Å². The maximum absolute atomic E-state index is 4.25. The maximum atomic E-state index is 4.25. The van der Waals surface area contributed by atoms with Crippen LogP contribution < -0.4 is 0 Å². The molecule has 2 aromatic heterocycles. The van der Waals surface area contributed by atoms with Crippen LogP contribution in [-0.4, -0.2) is 24.8 Å². The molecule has 0 N–H and O–H groups in total. The summed E-state index contributed by atoms with van der Waals surface area (Å²) < 4.78 is 4.26. The molecule has 0 saturated carbocycles. The number of tetrazole rings is 1. The van der Waals surface area contributed by atoms with Gasteiger partial charge in [-0.05, 0) is 40.5 Å². The predicted molar refractivity (Wildman–Crippen MR) is 103 cm³/mol. The van der Waals surface area contributed by atoms with Crippen molar-refractivity contribution in [3.63, 3.8) is 0 Å². The number of hydrogen-bond donors (Lipinski definition) is 0. The van der Waals surface area contributed by atoms with E-state index in [9.17, 15) is 0 Å². The third-order valence-electron chi connectivity index (χ3n) is 5.06. The Bertz CT molecular complexity index is 1070. The summed E-state index contributed by atoms with van der Waals surface area (Å²) in [5, 5.41) is 15.1. The Hall–Kier alpha value is -2.60. The summed E-state index contributed by atoms with van der Waals surface area (Å²) in [7, 11) is 1.92. The summed E-state index contributed by atoms with van der Waals surface area (Å²) >= 11 is 1.90. The van der Waals surface area contributed by atoms with Gasteiger partial charge in [0, 0.05) is 24.5 Å². The summed E-state index contributed by atoms with van der Waals surface area (Å²) in [5.74, 6) is 0.956. The Kier molecular flexibility index (Phi) is 3.78. The van der Waals surface area contributed by atoms with Crippen LogP contribution in [-0.2, 0) is 20.0 Å². The number of fused-ring (bicyclic) bond motifs is 3. The topological polar surface area (TPSA) is 48.5 Å². The second kappa shape index (κ2) is 6.29. The maximum Gasteiger partial charge on any atom is 0.164 e. The third kappa shape index (κ3) is 2.52. The van der Waals surface area contributed by atoms with Gasteiger partial charge in [0.2, 0.25) is 0 Å². The molecule has 1 aliphatic rings. The van der Waals surface area contributed by atoms with Crippen molar-refractivity contribution in [2.75, 3.05) is 0 Å². The van der Waals surface area contributed by atoms with Gasteiger partial charge in [-0.1, -0.05) is 60.3 Å². The molecule has 0 fully saturated rings. The van der Waals surface area contributed by atoms with Crippen molar-refractivity contribution in [3.8, 4) is 0 Å². The average molecular weight is 361 g/mol. The Morgan fingerprint density at radius 1 is 1.08 bits per heavy atom. The van der Waals surface area contributed by atoms with Crippen molar-refractivity contribution >= 4 is 22.7 Å². The summed E-state index contributed by atoms with van der Waals surface area (Å²) in [6, 6.07) is 19.4. The molecule has 4 aromatic rings. The first-order valence-corrected chi connectivity index (χ1v) is 9.72. The summed E-state index contributed by atoms with van der Waals surface area (Å²) in [6.07, 6.45) is 2.12. The smallest absolute Gasteiger partial charge is 0.164 e. The van der Waals surface area contributed by atoms with Crippen LogP contribution in [0.2, 0.25) is 0 Å². The predicted octanol–water partition coefficient (Wildman–Crippen LogP) is 3.99. The molecule has 130 valence electrons. The standard InChI is InChI=1S/C20H19N5S/c1-24-19(21-22-23-24)18-12-11-16-15-9-5-6-10-17(15)25(20(16)26-18)13-14-7-3-2-4-8-14/h2-10,18H,11-13H2,1H3. The van der Waals surface area contributed by atoms with Crippen LogP contribution in [0.3, 0.4) is 0 Å². The fourth-order valence-corrected chi connectivity index (χ4v) is 5.27. The molecule has 0 saturated heterocycles. The molecule has 5 nitrogen and oxygen atoms in total. The van der Waals surface area contributed by atoms with E-state index in [1.165, 1.54) is 27.1 Å². The molecule has 6 heteroatoms. The van der Waals surface area contributed by atoms with E-state index in [1.54, 1.807) is 4.68 Å². The van der Waals surface area contributed by atoms with Crippen molar-refractivity contribution in [1.82, 2.24) is 24.8 Å². The number of rotatable bonds is 3. The minimum Gasteiger partial charge on any atom is -0.331 e. The van der Waals surface area contributed by atoms with E-state index < -0.39 is 0 Å². The molecular formula is C20H19N5S. The first-order chi connectivity index (χ1) is 12.8. The molecule has 0 spiro atoms. The average Bonchev–Trinajstić information content (AvgIpc) is 3.24. The molecule has 1 unspecified atom stereocenters. The van der Waals surface area contributed by atoms with Gasteiger partial charge < -0.3 is 4.57 Å². The Balaban J connectivity index is 1.62. The summed E-state index contributed by atoms with van der Waals surface area (Å²) in [4.78, 5) is 0. The monoisotopic (exact) mass is 361 g/mol. The number of benzene rings is 2. The normalized spacial score (nSPS) is 16.7. The fraction of sp³-hybridized carbons (Fsp3) is 0.250. The molecule has 5 rings (SSSR count). The van der Waals surface area contributed by atoms with Crippen molar-refractivity contribution in [2.24, 2.45) is 7.05 Å². The van der Waals surface area contributed by atoms with Gasteiger partial charge in [-0.3, -0.25) is 0 Å². The highest BCUT2D eigenvalue weighted by Gasteiger charge is 2.29. The lowest BCUT2D eigenvalue weighted by Crippen LogP contribution is -2.12. The lowest BCUT2D eigenvalue weighted by atomic mass is 10.1. The Labute approximate surface area is 156 Å². The first-order valence-electron chi connectivity index (χ1n) is 8.84. The lowest BCUT2D eigenvalue weighted by molar-refractivity contribution is 0.634. The van der Waals surface area contributed by atoms with E-state index in [0.29, 0.717) is 5.25 Å². The second-order valence-corrected chi connectivity index (χ2v) is 7.87. The largest absolute Gasteiger partial charge is 0.331 e. The first kappa shape index (κ1) is 15.6. The van der Waals surface area contributed by atoms with Gasteiger partial charge in [-0.2, -0.15) is 0 Å². The highest BCUT2D eigenvalue weighted by Crippen LogP contribution is 2.47. The van der Waals surface area contributed by atoms with E-state index in [0.717, 1.165) is 25.2 Å². The minimum atomic E-state index is 0.293. The number of thioether (sulfide) groups is 1. The zero-order valence-electron chi connectivity index (χ0n) is 14.5. The van der Waals surface area contributed by atoms with Gasteiger partial charge in [0.05, 0.1) is 10.3 Å². The molecule has 2 aromatic carbocycles. The summed E-state index contributed by atoms with van der Waals surface area (Å²) in [5.41, 5.74) is 4.10. The van der Waals surface area contributed by atoms with Crippen LogP contribution >= 0.6 is 11.8 Å². The van der Waals surface area contributed by atoms with E-state index >= 15 is 0 Å². The van der Waals surface area contributed by atoms with Crippen molar-refractivity contribution in [2.45, 2.75) is 29.7 Å². The molecule has 0 bridgehead atoms. The van der Waals surface area contributed by atoms with Gasteiger partial charge in [0.15, 0.2) is 5.82 Å². The molecular weight excluding hydrogens is 342 g/mol. The highest BCUT2D eigenvalue weighted by atomic mass is 32.2. The fourth-order valence-electron chi connectivity index (χ4n) is 3.81.